The first-order valence-corrected chi connectivity index (χ1v) is 9.06. The van der Waals surface area contributed by atoms with Crippen molar-refractivity contribution in [1.29, 1.82) is 0 Å². The van der Waals surface area contributed by atoms with Crippen LogP contribution in [-0.4, -0.2) is 28.0 Å². The van der Waals surface area contributed by atoms with E-state index in [9.17, 15) is 4.79 Å². The van der Waals surface area contributed by atoms with Crippen molar-refractivity contribution < 1.29 is 4.79 Å². The van der Waals surface area contributed by atoms with E-state index < -0.39 is 0 Å². The lowest BCUT2D eigenvalue weighted by molar-refractivity contribution is -0.130. The van der Waals surface area contributed by atoms with Crippen molar-refractivity contribution >= 4 is 28.5 Å². The van der Waals surface area contributed by atoms with Gasteiger partial charge in [-0.15, -0.1) is 5.10 Å². The van der Waals surface area contributed by atoms with E-state index in [4.69, 9.17) is 5.10 Å². The van der Waals surface area contributed by atoms with Gasteiger partial charge in [0.1, 0.15) is 5.66 Å². The largest absolute Gasteiger partial charge is 0.361 e. The Labute approximate surface area is 134 Å². The fraction of sp³-hybridized carbons (Fsp3) is 0.500. The average molecular weight is 316 g/mol. The van der Waals surface area contributed by atoms with Gasteiger partial charge in [-0.25, -0.2) is 0 Å². The fourth-order valence-electron chi connectivity index (χ4n) is 3.82. The number of nitrogens with zero attached hydrogens (tertiary/aromatic N) is 2. The number of thioether (sulfide) groups is 1. The van der Waals surface area contributed by atoms with Crippen LogP contribution in [0.25, 0.3) is 0 Å². The summed E-state index contributed by atoms with van der Waals surface area (Å²) in [5, 5.41) is 14.1. The van der Waals surface area contributed by atoms with Gasteiger partial charge in [-0.3, -0.25) is 9.80 Å². The molecule has 6 heteroatoms. The highest BCUT2D eigenvalue weighted by Gasteiger charge is 2.50. The number of nitrogens with one attached hydrogen (secondary N) is 2. The number of anilines is 1. The first-order valence-electron chi connectivity index (χ1n) is 7.83. The minimum absolute atomic E-state index is 0.0262. The monoisotopic (exact) mass is 316 g/mol. The minimum Gasteiger partial charge on any atom is -0.361 e. The second-order valence-corrected chi connectivity index (χ2v) is 6.95. The molecule has 1 aliphatic carbocycles. The zero-order valence-corrected chi connectivity index (χ0v) is 13.4. The number of carbonyl (C=O) groups is 1. The number of amides is 1. The van der Waals surface area contributed by atoms with Crippen LogP contribution >= 0.6 is 11.8 Å². The molecule has 2 N–H and O–H groups in total. The first kappa shape index (κ1) is 13.9. The van der Waals surface area contributed by atoms with Crippen LogP contribution < -0.4 is 10.6 Å². The highest BCUT2D eigenvalue weighted by Crippen LogP contribution is 2.46. The number of amidine groups is 1. The summed E-state index contributed by atoms with van der Waals surface area (Å²) in [5.74, 6) is 0.0262. The number of carbonyl (C=O) groups excluding carboxylic acids is 1. The molecule has 0 saturated heterocycles. The van der Waals surface area contributed by atoms with E-state index in [0.717, 1.165) is 24.1 Å². The van der Waals surface area contributed by atoms with E-state index in [1.165, 1.54) is 31.0 Å². The molecule has 1 aromatic rings. The SMILES string of the molecule is CSC1=NN2[C@@H](C(=O)N1)c1ccccc1NC21CCCCC1. The number of hydrogen-bond acceptors (Lipinski definition) is 5. The van der Waals surface area contributed by atoms with Crippen LogP contribution in [0.3, 0.4) is 0 Å². The van der Waals surface area contributed by atoms with Crippen LogP contribution in [0.15, 0.2) is 29.4 Å². The third-order valence-corrected chi connectivity index (χ3v) is 5.43. The molecule has 2 aliphatic heterocycles. The maximum Gasteiger partial charge on any atom is 0.255 e. The first-order chi connectivity index (χ1) is 10.7. The average Bonchev–Trinajstić information content (AvgIpc) is 2.55. The summed E-state index contributed by atoms with van der Waals surface area (Å²) in [6, 6.07) is 7.78. The van der Waals surface area contributed by atoms with Gasteiger partial charge in [-0.05, 0) is 38.0 Å². The molecular formula is C16H20N4OS. The zero-order chi connectivity index (χ0) is 15.2. The highest BCUT2D eigenvalue weighted by atomic mass is 32.2. The molecule has 0 bridgehead atoms. The van der Waals surface area contributed by atoms with Gasteiger partial charge < -0.3 is 10.6 Å². The molecule has 1 amide bonds. The molecule has 1 aromatic carbocycles. The van der Waals surface area contributed by atoms with E-state index in [1.807, 2.05) is 29.5 Å². The summed E-state index contributed by atoms with van der Waals surface area (Å²) in [7, 11) is 0. The fourth-order valence-corrected chi connectivity index (χ4v) is 4.19. The van der Waals surface area contributed by atoms with Gasteiger partial charge in [0.05, 0.1) is 0 Å². The van der Waals surface area contributed by atoms with Crippen molar-refractivity contribution in [1.82, 2.24) is 10.3 Å². The zero-order valence-electron chi connectivity index (χ0n) is 12.6. The topological polar surface area (TPSA) is 56.7 Å². The van der Waals surface area contributed by atoms with Crippen molar-refractivity contribution in [3.8, 4) is 0 Å². The number of rotatable bonds is 0. The number of hydrazone groups is 1. The Morgan fingerprint density at radius 1 is 1.27 bits per heavy atom. The van der Waals surface area contributed by atoms with Gasteiger partial charge >= 0.3 is 0 Å². The molecule has 5 nitrogen and oxygen atoms in total. The number of fused-ring (bicyclic) bond motifs is 4. The van der Waals surface area contributed by atoms with Crippen molar-refractivity contribution in [2.75, 3.05) is 11.6 Å². The lowest BCUT2D eigenvalue weighted by Crippen LogP contribution is -2.62. The lowest BCUT2D eigenvalue weighted by atomic mass is 9.83. The van der Waals surface area contributed by atoms with Crippen LogP contribution in [0.5, 0.6) is 0 Å². The Morgan fingerprint density at radius 3 is 2.82 bits per heavy atom. The van der Waals surface area contributed by atoms with E-state index in [0.29, 0.717) is 5.17 Å². The maximum absolute atomic E-state index is 12.7. The molecule has 1 atom stereocenters. The number of para-hydroxylation sites is 1. The second-order valence-electron chi connectivity index (χ2n) is 6.15. The predicted molar refractivity (Wildman–Crippen MR) is 89.6 cm³/mol. The van der Waals surface area contributed by atoms with Gasteiger partial charge in [-0.1, -0.05) is 36.4 Å². The summed E-state index contributed by atoms with van der Waals surface area (Å²) >= 11 is 1.48. The maximum atomic E-state index is 12.7. The van der Waals surface area contributed by atoms with Gasteiger partial charge in [0.15, 0.2) is 11.2 Å². The van der Waals surface area contributed by atoms with Gasteiger partial charge in [-0.2, -0.15) is 0 Å². The molecular weight excluding hydrogens is 296 g/mol. The molecule has 22 heavy (non-hydrogen) atoms. The molecule has 0 unspecified atom stereocenters. The van der Waals surface area contributed by atoms with Crippen LogP contribution in [0.2, 0.25) is 0 Å². The Bertz CT molecular complexity index is 639. The highest BCUT2D eigenvalue weighted by molar-refractivity contribution is 8.13. The van der Waals surface area contributed by atoms with E-state index in [-0.39, 0.29) is 17.6 Å². The molecule has 1 spiro atoms. The summed E-state index contributed by atoms with van der Waals surface area (Å²) in [6.07, 6.45) is 7.59. The quantitative estimate of drug-likeness (QED) is 0.773. The predicted octanol–water partition coefficient (Wildman–Crippen LogP) is 2.88. The minimum atomic E-state index is -0.327. The number of benzene rings is 1. The Morgan fingerprint density at radius 2 is 2.05 bits per heavy atom. The van der Waals surface area contributed by atoms with Gasteiger partial charge in [0.25, 0.3) is 5.91 Å². The Balaban J connectivity index is 1.86. The molecule has 0 radical (unpaired) electrons. The normalized spacial score (nSPS) is 25.7. The second kappa shape index (κ2) is 5.19. The van der Waals surface area contributed by atoms with Crippen molar-refractivity contribution in [2.24, 2.45) is 5.10 Å². The third-order valence-electron chi connectivity index (χ3n) is 4.86. The summed E-state index contributed by atoms with van der Waals surface area (Å²) in [4.78, 5) is 12.7. The van der Waals surface area contributed by atoms with E-state index in [1.54, 1.807) is 0 Å². The van der Waals surface area contributed by atoms with Crippen LogP contribution in [0.1, 0.15) is 43.7 Å². The molecule has 0 aromatic heterocycles. The standard InChI is InChI=1S/C16H20N4OS/c1-22-15-17-14(21)13-11-7-3-4-8-12(11)18-16(20(13)19-15)9-5-2-6-10-16/h3-4,7-8,13,18H,2,5-6,9-10H2,1H3,(H,17,19,21)/t13-/m1/s1. The third kappa shape index (κ3) is 2.00. The van der Waals surface area contributed by atoms with E-state index >= 15 is 0 Å². The summed E-state index contributed by atoms with van der Waals surface area (Å²) < 4.78 is 0. The Hall–Kier alpha value is -1.69. The Kier molecular flexibility index (Phi) is 3.29. The molecule has 4 rings (SSSR count). The molecule has 116 valence electrons. The van der Waals surface area contributed by atoms with Gasteiger partial charge in [0.2, 0.25) is 0 Å². The van der Waals surface area contributed by atoms with Crippen LogP contribution in [0.4, 0.5) is 5.69 Å². The summed E-state index contributed by atoms with van der Waals surface area (Å²) in [6.45, 7) is 0. The molecule has 1 saturated carbocycles. The molecule has 2 heterocycles. The molecule has 3 aliphatic rings. The molecule has 1 fully saturated rings. The van der Waals surface area contributed by atoms with Crippen molar-refractivity contribution in [3.05, 3.63) is 29.8 Å². The van der Waals surface area contributed by atoms with Crippen LogP contribution in [-0.2, 0) is 4.79 Å². The van der Waals surface area contributed by atoms with Crippen LogP contribution in [0, 0.1) is 0 Å². The lowest BCUT2D eigenvalue weighted by Gasteiger charge is -2.53. The smallest absolute Gasteiger partial charge is 0.255 e. The van der Waals surface area contributed by atoms with E-state index in [2.05, 4.69) is 16.7 Å². The summed E-state index contributed by atoms with van der Waals surface area (Å²) in [5.41, 5.74) is 1.86. The number of hydrogen-bond donors (Lipinski definition) is 2. The van der Waals surface area contributed by atoms with Crippen molar-refractivity contribution in [3.63, 3.8) is 0 Å². The van der Waals surface area contributed by atoms with Gasteiger partial charge in [0, 0.05) is 11.3 Å². The van der Waals surface area contributed by atoms with Crippen molar-refractivity contribution in [2.45, 2.75) is 43.8 Å².